The fraction of sp³-hybridized carbons (Fsp3) is 0.458. The van der Waals surface area contributed by atoms with Crippen LogP contribution in [0.1, 0.15) is 39.5 Å². The number of ether oxygens (including phenoxy) is 2. The number of hydrogen-bond acceptors (Lipinski definition) is 5. The molecule has 0 saturated heterocycles. The van der Waals surface area contributed by atoms with Crippen LogP contribution in [0.15, 0.2) is 48.5 Å². The SMILES string of the molecule is CCOc1ccc(NC(=S)Nc2ccc(OCC)cc2)cc1.CS[CH]([SnH])CCCCCN. The Labute approximate surface area is 216 Å². The van der Waals surface area contributed by atoms with Gasteiger partial charge in [-0.2, -0.15) is 0 Å². The topological polar surface area (TPSA) is 68.5 Å². The zero-order valence-electron chi connectivity index (χ0n) is 19.4. The summed E-state index contributed by atoms with van der Waals surface area (Å²) in [5.74, 6) is 1.69. The summed E-state index contributed by atoms with van der Waals surface area (Å²) in [6.07, 6.45) is 7.53. The van der Waals surface area contributed by atoms with Crippen molar-refractivity contribution in [3.05, 3.63) is 48.5 Å². The van der Waals surface area contributed by atoms with E-state index in [-0.39, 0.29) is 0 Å². The zero-order valence-corrected chi connectivity index (χ0v) is 24.4. The normalized spacial score (nSPS) is 11.0. The molecule has 4 N–H and O–H groups in total. The number of nitrogens with two attached hydrogens (primary N) is 1. The fourth-order valence-electron chi connectivity index (χ4n) is 2.68. The van der Waals surface area contributed by atoms with Gasteiger partial charge in [0, 0.05) is 11.4 Å². The van der Waals surface area contributed by atoms with Crippen LogP contribution in [-0.2, 0) is 0 Å². The number of benzene rings is 2. The first-order valence-corrected chi connectivity index (χ1v) is 14.6. The minimum absolute atomic E-state index is 0.535. The molecule has 0 bridgehead atoms. The molecular formula is C24H37N3O2S2Sn. The van der Waals surface area contributed by atoms with E-state index in [1.54, 1.807) is 0 Å². The van der Waals surface area contributed by atoms with Crippen molar-refractivity contribution in [3.8, 4) is 11.5 Å². The van der Waals surface area contributed by atoms with Crippen LogP contribution in [0.2, 0.25) is 0 Å². The minimum atomic E-state index is 0.535. The predicted molar refractivity (Wildman–Crippen MR) is 147 cm³/mol. The molecule has 1 unspecified atom stereocenters. The molecule has 2 aromatic carbocycles. The standard InChI is InChI=1S/C17H20N2O2S.C7H16NS.Sn.H/c1-3-20-15-9-5-13(6-10-15)18-17(22)19-14-7-11-16(12-8-14)21-4-2;1-9-7-5-3-2-4-6-8;;/h5-12H,3-4H2,1-2H3,(H2,18,19,22);7H,2-6,8H2,1H3;;. The average Bonchev–Trinajstić information content (AvgIpc) is 2.80. The molecule has 32 heavy (non-hydrogen) atoms. The Morgan fingerprint density at radius 3 is 1.75 bits per heavy atom. The molecule has 0 aliphatic carbocycles. The second-order valence-corrected chi connectivity index (χ2v) is 12.1. The van der Waals surface area contributed by atoms with Crippen molar-refractivity contribution in [1.82, 2.24) is 0 Å². The molecule has 0 aliphatic heterocycles. The first kappa shape index (κ1) is 28.9. The van der Waals surface area contributed by atoms with E-state index in [0.717, 1.165) is 32.7 Å². The van der Waals surface area contributed by atoms with Gasteiger partial charge in [0.25, 0.3) is 0 Å². The van der Waals surface area contributed by atoms with Crippen molar-refractivity contribution in [3.63, 3.8) is 0 Å². The predicted octanol–water partition coefficient (Wildman–Crippen LogP) is 5.39. The molecule has 2 aromatic rings. The van der Waals surface area contributed by atoms with Crippen LogP contribution >= 0.6 is 24.0 Å². The Morgan fingerprint density at radius 1 is 0.906 bits per heavy atom. The molecule has 0 aromatic heterocycles. The van der Waals surface area contributed by atoms with E-state index < -0.39 is 0 Å². The summed E-state index contributed by atoms with van der Waals surface area (Å²) in [4.78, 5) is 0. The number of thiocarbonyl (C=S) groups is 1. The number of hydrogen-bond donors (Lipinski definition) is 3. The first-order chi connectivity index (χ1) is 15.5. The fourth-order valence-corrected chi connectivity index (χ4v) is 3.99. The van der Waals surface area contributed by atoms with Crippen molar-refractivity contribution < 1.29 is 9.47 Å². The number of nitrogens with one attached hydrogen (secondary N) is 2. The molecule has 2 radical (unpaired) electrons. The molecule has 1 atom stereocenters. The van der Waals surface area contributed by atoms with Gasteiger partial charge in [-0.15, -0.1) is 0 Å². The van der Waals surface area contributed by atoms with E-state index in [0.29, 0.717) is 18.3 Å². The molecule has 8 heteroatoms. The number of unbranched alkanes of at least 4 members (excludes halogenated alkanes) is 2. The summed E-state index contributed by atoms with van der Waals surface area (Å²) in [7, 11) is 0. The maximum atomic E-state index is 5.40. The molecule has 0 aliphatic rings. The van der Waals surface area contributed by atoms with Gasteiger partial charge in [-0.25, -0.2) is 0 Å². The molecule has 2 rings (SSSR count). The summed E-state index contributed by atoms with van der Waals surface area (Å²) in [5.41, 5.74) is 7.20. The molecule has 5 nitrogen and oxygen atoms in total. The molecule has 0 spiro atoms. The van der Waals surface area contributed by atoms with Crippen molar-refractivity contribution in [2.24, 2.45) is 5.73 Å². The molecule has 0 heterocycles. The van der Waals surface area contributed by atoms with Gasteiger partial charge >= 0.3 is 81.8 Å². The summed E-state index contributed by atoms with van der Waals surface area (Å²) in [6, 6.07) is 15.3. The molecule has 0 amide bonds. The Balaban J connectivity index is 0.000000433. The molecular weight excluding hydrogens is 545 g/mol. The van der Waals surface area contributed by atoms with Gasteiger partial charge in [0.2, 0.25) is 0 Å². The van der Waals surface area contributed by atoms with Crippen molar-refractivity contribution in [2.75, 3.05) is 36.6 Å². The van der Waals surface area contributed by atoms with Gasteiger partial charge in [-0.3, -0.25) is 0 Å². The van der Waals surface area contributed by atoms with Gasteiger partial charge in [0.05, 0.1) is 13.2 Å². The third kappa shape index (κ3) is 13.4. The van der Waals surface area contributed by atoms with Crippen LogP contribution in [0.3, 0.4) is 0 Å². The number of rotatable bonds is 12. The third-order valence-corrected chi connectivity index (χ3v) is 8.67. The van der Waals surface area contributed by atoms with Crippen molar-refractivity contribution in [2.45, 2.75) is 42.8 Å². The van der Waals surface area contributed by atoms with Crippen LogP contribution in [-0.4, -0.2) is 56.9 Å². The van der Waals surface area contributed by atoms with E-state index in [2.05, 4.69) is 16.9 Å². The molecule has 0 fully saturated rings. The maximum absolute atomic E-state index is 5.40. The van der Waals surface area contributed by atoms with Crippen LogP contribution in [0.25, 0.3) is 0 Å². The third-order valence-electron chi connectivity index (χ3n) is 4.34. The van der Waals surface area contributed by atoms with E-state index in [9.17, 15) is 0 Å². The Kier molecular flexibility index (Phi) is 16.5. The Bertz CT molecular complexity index is 692. The molecule has 0 saturated carbocycles. The van der Waals surface area contributed by atoms with Crippen molar-refractivity contribution in [1.29, 1.82) is 0 Å². The quantitative estimate of drug-likeness (QED) is 0.176. The van der Waals surface area contributed by atoms with Crippen molar-refractivity contribution >= 4 is 63.0 Å². The van der Waals surface area contributed by atoms with E-state index in [1.807, 2.05) is 74.1 Å². The summed E-state index contributed by atoms with van der Waals surface area (Å²) in [5, 5.41) is 6.80. The summed E-state index contributed by atoms with van der Waals surface area (Å²) < 4.78 is 11.8. The van der Waals surface area contributed by atoms with Crippen LogP contribution in [0.4, 0.5) is 11.4 Å². The first-order valence-electron chi connectivity index (χ1n) is 11.0. The summed E-state index contributed by atoms with van der Waals surface area (Å²) >= 11 is 8.71. The Hall–Kier alpha value is -1.16. The Morgan fingerprint density at radius 2 is 1.38 bits per heavy atom. The van der Waals surface area contributed by atoms with E-state index in [1.165, 1.54) is 48.2 Å². The molecule has 176 valence electrons. The monoisotopic (exact) mass is 583 g/mol. The average molecular weight is 582 g/mol. The van der Waals surface area contributed by atoms with E-state index in [4.69, 9.17) is 27.4 Å². The van der Waals surface area contributed by atoms with Gasteiger partial charge in [0.1, 0.15) is 11.5 Å². The number of anilines is 2. The van der Waals surface area contributed by atoms with E-state index >= 15 is 0 Å². The van der Waals surface area contributed by atoms with Crippen LogP contribution < -0.4 is 25.8 Å². The second-order valence-electron chi connectivity index (χ2n) is 6.91. The van der Waals surface area contributed by atoms with Gasteiger partial charge in [-0.1, -0.05) is 0 Å². The van der Waals surface area contributed by atoms with Gasteiger partial charge < -0.3 is 20.1 Å². The van der Waals surface area contributed by atoms with Crippen LogP contribution in [0.5, 0.6) is 11.5 Å². The van der Waals surface area contributed by atoms with Gasteiger partial charge in [0.15, 0.2) is 5.11 Å². The number of thioether (sulfide) groups is 1. The zero-order chi connectivity index (χ0) is 23.6. The van der Waals surface area contributed by atoms with Gasteiger partial charge in [-0.05, 0) is 74.6 Å². The second kappa shape index (κ2) is 18.3. The van der Waals surface area contributed by atoms with Crippen LogP contribution in [0, 0.1) is 0 Å². The summed E-state index contributed by atoms with van der Waals surface area (Å²) in [6.45, 7) is 6.10.